The van der Waals surface area contributed by atoms with Crippen molar-refractivity contribution in [2.24, 2.45) is 0 Å². The topological polar surface area (TPSA) is 83.1 Å². The van der Waals surface area contributed by atoms with Crippen molar-refractivity contribution in [3.05, 3.63) is 83.9 Å². The van der Waals surface area contributed by atoms with E-state index in [-0.39, 0.29) is 17.9 Å². The number of para-hydroxylation sites is 1. The number of halogens is 2. The lowest BCUT2D eigenvalue weighted by atomic mass is 10.2. The Bertz CT molecular complexity index is 1120. The van der Waals surface area contributed by atoms with Crippen molar-refractivity contribution in [2.75, 3.05) is 31.7 Å². The number of hydrogen-bond acceptors (Lipinski definition) is 6. The third-order valence-electron chi connectivity index (χ3n) is 4.37. The largest absolute Gasteiger partial charge is 0.490 e. The van der Waals surface area contributed by atoms with Gasteiger partial charge >= 0.3 is 5.97 Å². The van der Waals surface area contributed by atoms with Crippen molar-refractivity contribution in [1.29, 1.82) is 0 Å². The Morgan fingerprint density at radius 2 is 1.62 bits per heavy atom. The number of ether oxygens (including phenoxy) is 4. The first-order valence-electron chi connectivity index (χ1n) is 10.5. The van der Waals surface area contributed by atoms with Crippen molar-refractivity contribution in [2.45, 2.75) is 6.92 Å². The molecule has 34 heavy (non-hydrogen) atoms. The van der Waals surface area contributed by atoms with Gasteiger partial charge in [0.15, 0.2) is 18.1 Å². The summed E-state index contributed by atoms with van der Waals surface area (Å²) in [6.45, 7) is 1.98. The van der Waals surface area contributed by atoms with Crippen LogP contribution in [0.5, 0.6) is 17.2 Å². The summed E-state index contributed by atoms with van der Waals surface area (Å²) in [4.78, 5) is 24.3. The second-order valence-corrected chi connectivity index (χ2v) is 6.85. The van der Waals surface area contributed by atoms with E-state index in [4.69, 9.17) is 18.9 Å². The van der Waals surface area contributed by atoms with Crippen LogP contribution in [0.2, 0.25) is 0 Å². The third-order valence-corrected chi connectivity index (χ3v) is 4.37. The number of carbonyl (C=O) groups is 2. The molecule has 0 bridgehead atoms. The Hall–Kier alpha value is -4.14. The minimum atomic E-state index is -0.818. The van der Waals surface area contributed by atoms with E-state index in [1.165, 1.54) is 12.1 Å². The van der Waals surface area contributed by atoms with E-state index in [2.05, 4.69) is 5.32 Å². The van der Waals surface area contributed by atoms with E-state index < -0.39 is 30.1 Å². The summed E-state index contributed by atoms with van der Waals surface area (Å²) in [6.07, 6.45) is 0. The van der Waals surface area contributed by atoms with Gasteiger partial charge in [-0.05, 0) is 49.4 Å². The summed E-state index contributed by atoms with van der Waals surface area (Å²) in [6, 6.07) is 16.4. The van der Waals surface area contributed by atoms with Crippen molar-refractivity contribution in [3.8, 4) is 17.2 Å². The van der Waals surface area contributed by atoms with E-state index >= 15 is 0 Å². The monoisotopic (exact) mass is 471 g/mol. The molecule has 0 unspecified atom stereocenters. The maximum absolute atomic E-state index is 13.6. The number of hydrogen-bond donors (Lipinski definition) is 1. The highest BCUT2D eigenvalue weighted by Gasteiger charge is 2.15. The van der Waals surface area contributed by atoms with Crippen LogP contribution in [-0.2, 0) is 9.53 Å². The first kappa shape index (κ1) is 24.5. The quantitative estimate of drug-likeness (QED) is 0.325. The molecule has 0 aliphatic rings. The van der Waals surface area contributed by atoms with Crippen LogP contribution >= 0.6 is 0 Å². The number of benzene rings is 3. The number of nitrogens with one attached hydrogen (secondary N) is 1. The molecule has 1 N–H and O–H groups in total. The molecule has 7 nitrogen and oxygen atoms in total. The molecule has 1 amide bonds. The number of carbonyl (C=O) groups excluding carboxylic acids is 2. The number of amides is 1. The van der Waals surface area contributed by atoms with Crippen LogP contribution in [0.15, 0.2) is 66.7 Å². The molecule has 3 rings (SSSR count). The minimum Gasteiger partial charge on any atom is -0.490 e. The summed E-state index contributed by atoms with van der Waals surface area (Å²) in [5, 5.41) is 2.15. The standard InChI is InChI=1S/C25H23F2NO6/c1-2-31-23-14-17(8-11-22(23)33-13-12-32-19-6-4-3-5-7-19)25(30)34-16-24(29)28-21-15-18(26)9-10-20(21)27/h3-11,14-15H,2,12-13,16H2,1H3,(H,28,29). The highest BCUT2D eigenvalue weighted by Crippen LogP contribution is 2.29. The van der Waals surface area contributed by atoms with E-state index in [0.29, 0.717) is 24.7 Å². The summed E-state index contributed by atoms with van der Waals surface area (Å²) >= 11 is 0. The zero-order valence-electron chi connectivity index (χ0n) is 18.4. The van der Waals surface area contributed by atoms with Crippen molar-refractivity contribution in [1.82, 2.24) is 0 Å². The van der Waals surface area contributed by atoms with E-state index in [9.17, 15) is 18.4 Å². The Morgan fingerprint density at radius 3 is 2.38 bits per heavy atom. The predicted molar refractivity (Wildman–Crippen MR) is 120 cm³/mol. The first-order chi connectivity index (χ1) is 16.5. The lowest BCUT2D eigenvalue weighted by Gasteiger charge is -2.14. The van der Waals surface area contributed by atoms with Crippen LogP contribution in [-0.4, -0.2) is 38.3 Å². The fourth-order valence-electron chi connectivity index (χ4n) is 2.84. The molecule has 0 aliphatic heterocycles. The zero-order valence-corrected chi connectivity index (χ0v) is 18.4. The SMILES string of the molecule is CCOc1cc(C(=O)OCC(=O)Nc2cc(F)ccc2F)ccc1OCCOc1ccccc1. The maximum atomic E-state index is 13.6. The molecule has 0 aromatic heterocycles. The van der Waals surface area contributed by atoms with Crippen LogP contribution in [0, 0.1) is 11.6 Å². The second-order valence-electron chi connectivity index (χ2n) is 6.85. The van der Waals surface area contributed by atoms with Crippen molar-refractivity contribution >= 4 is 17.6 Å². The third kappa shape index (κ3) is 7.19. The summed E-state index contributed by atoms with van der Waals surface area (Å²) in [7, 11) is 0. The van der Waals surface area contributed by atoms with Gasteiger partial charge in [0.2, 0.25) is 0 Å². The van der Waals surface area contributed by atoms with Gasteiger partial charge in [0.1, 0.15) is 30.6 Å². The predicted octanol–water partition coefficient (Wildman–Crippen LogP) is 4.62. The van der Waals surface area contributed by atoms with Gasteiger partial charge in [-0.1, -0.05) is 18.2 Å². The molecular formula is C25H23F2NO6. The smallest absolute Gasteiger partial charge is 0.338 e. The molecule has 9 heteroatoms. The van der Waals surface area contributed by atoms with Crippen LogP contribution in [0.25, 0.3) is 0 Å². The molecule has 0 heterocycles. The van der Waals surface area contributed by atoms with Crippen molar-refractivity contribution < 1.29 is 37.3 Å². The molecule has 0 atom stereocenters. The van der Waals surface area contributed by atoms with Crippen LogP contribution in [0.3, 0.4) is 0 Å². The fourth-order valence-corrected chi connectivity index (χ4v) is 2.84. The maximum Gasteiger partial charge on any atom is 0.338 e. The number of rotatable bonds is 11. The molecule has 178 valence electrons. The van der Waals surface area contributed by atoms with Gasteiger partial charge < -0.3 is 24.3 Å². The van der Waals surface area contributed by atoms with Gasteiger partial charge in [-0.25, -0.2) is 13.6 Å². The van der Waals surface area contributed by atoms with Crippen LogP contribution < -0.4 is 19.5 Å². The molecular weight excluding hydrogens is 448 g/mol. The lowest BCUT2D eigenvalue weighted by molar-refractivity contribution is -0.119. The average molecular weight is 471 g/mol. The van der Waals surface area contributed by atoms with E-state index in [1.807, 2.05) is 30.3 Å². The summed E-state index contributed by atoms with van der Waals surface area (Å²) in [5.74, 6) is -1.69. The van der Waals surface area contributed by atoms with E-state index in [0.717, 1.165) is 23.9 Å². The Morgan fingerprint density at radius 1 is 0.853 bits per heavy atom. The molecule has 0 saturated carbocycles. The normalized spacial score (nSPS) is 10.3. The van der Waals surface area contributed by atoms with Crippen LogP contribution in [0.4, 0.5) is 14.5 Å². The molecule has 0 saturated heterocycles. The molecule has 0 radical (unpaired) electrons. The molecule has 3 aromatic rings. The van der Waals surface area contributed by atoms with E-state index in [1.54, 1.807) is 13.0 Å². The van der Waals surface area contributed by atoms with Gasteiger partial charge in [0.05, 0.1) is 17.9 Å². The van der Waals surface area contributed by atoms with Gasteiger partial charge in [-0.3, -0.25) is 4.79 Å². The van der Waals surface area contributed by atoms with Gasteiger partial charge in [-0.15, -0.1) is 0 Å². The number of esters is 1. The minimum absolute atomic E-state index is 0.126. The molecule has 0 spiro atoms. The highest BCUT2D eigenvalue weighted by molar-refractivity contribution is 5.95. The molecule has 3 aromatic carbocycles. The highest BCUT2D eigenvalue weighted by atomic mass is 19.1. The first-order valence-corrected chi connectivity index (χ1v) is 10.5. The molecule has 0 aliphatic carbocycles. The van der Waals surface area contributed by atoms with Gasteiger partial charge in [-0.2, -0.15) is 0 Å². The molecule has 0 fully saturated rings. The lowest BCUT2D eigenvalue weighted by Crippen LogP contribution is -2.21. The average Bonchev–Trinajstić information content (AvgIpc) is 2.84. The van der Waals surface area contributed by atoms with Crippen molar-refractivity contribution in [3.63, 3.8) is 0 Å². The Labute approximate surface area is 195 Å². The van der Waals surface area contributed by atoms with Crippen LogP contribution in [0.1, 0.15) is 17.3 Å². The summed E-state index contributed by atoms with van der Waals surface area (Å²) in [5.41, 5.74) is -0.224. The summed E-state index contributed by atoms with van der Waals surface area (Å²) < 4.78 is 48.6. The second kappa shape index (κ2) is 12.2. The van der Waals surface area contributed by atoms with Gasteiger partial charge in [0.25, 0.3) is 5.91 Å². The zero-order chi connectivity index (χ0) is 24.3. The van der Waals surface area contributed by atoms with Gasteiger partial charge in [0, 0.05) is 6.07 Å². The fraction of sp³-hybridized carbons (Fsp3) is 0.200. The Kier molecular flexibility index (Phi) is 8.79. The number of anilines is 1. The Balaban J connectivity index is 1.53.